The van der Waals surface area contributed by atoms with Gasteiger partial charge in [0.15, 0.2) is 6.29 Å². The van der Waals surface area contributed by atoms with E-state index >= 15 is 0 Å². The van der Waals surface area contributed by atoms with Crippen molar-refractivity contribution in [3.8, 4) is 0 Å². The third-order valence-electron chi connectivity index (χ3n) is 1.39. The van der Waals surface area contributed by atoms with Crippen LogP contribution in [-0.4, -0.2) is 37.9 Å². The molecule has 0 spiro atoms. The molecule has 74 valence electrons. The van der Waals surface area contributed by atoms with E-state index in [1.165, 1.54) is 14.0 Å². The summed E-state index contributed by atoms with van der Waals surface area (Å²) in [7, 11) is 1.43. The van der Waals surface area contributed by atoms with Gasteiger partial charge in [-0.15, -0.1) is 0 Å². The molecule has 6 heteroatoms. The number of rotatable bonds is 5. The first-order valence-electron chi connectivity index (χ1n) is 3.73. The van der Waals surface area contributed by atoms with E-state index in [1.807, 2.05) is 0 Å². The van der Waals surface area contributed by atoms with Gasteiger partial charge in [-0.3, -0.25) is 10.1 Å². The quantitative estimate of drug-likeness (QED) is 0.365. The molecule has 0 radical (unpaired) electrons. The summed E-state index contributed by atoms with van der Waals surface area (Å²) in [6, 6.07) is -0.493. The minimum Gasteiger partial charge on any atom is -0.341 e. The Morgan fingerprint density at radius 3 is 2.46 bits per heavy atom. The van der Waals surface area contributed by atoms with Crippen LogP contribution in [0.5, 0.6) is 0 Å². The zero-order valence-electron chi connectivity index (χ0n) is 7.59. The molecule has 6 nitrogen and oxygen atoms in total. The molecule has 0 saturated heterocycles. The summed E-state index contributed by atoms with van der Waals surface area (Å²) < 4.78 is 0. The molecule has 0 aromatic rings. The molecular formula is C7H13N3O3. The summed E-state index contributed by atoms with van der Waals surface area (Å²) in [6.07, 6.45) is 1.12. The zero-order valence-corrected chi connectivity index (χ0v) is 7.59. The van der Waals surface area contributed by atoms with Gasteiger partial charge in [0, 0.05) is 7.05 Å². The van der Waals surface area contributed by atoms with Gasteiger partial charge in [0.1, 0.15) is 11.9 Å². The molecule has 3 N–H and O–H groups in total. The highest BCUT2D eigenvalue weighted by Crippen LogP contribution is 1.91. The van der Waals surface area contributed by atoms with E-state index in [1.54, 1.807) is 0 Å². The molecule has 1 unspecified atom stereocenters. The van der Waals surface area contributed by atoms with Crippen molar-refractivity contribution in [1.82, 2.24) is 16.0 Å². The second-order valence-electron chi connectivity index (χ2n) is 2.57. The Balaban J connectivity index is 4.17. The molecule has 0 saturated carbocycles. The lowest BCUT2D eigenvalue weighted by atomic mass is 10.2. The fourth-order valence-electron chi connectivity index (χ4n) is 0.667. The molecule has 0 aromatic heterocycles. The van der Waals surface area contributed by atoms with Crippen molar-refractivity contribution in [2.24, 2.45) is 0 Å². The van der Waals surface area contributed by atoms with Gasteiger partial charge >= 0.3 is 6.03 Å². The highest BCUT2D eigenvalue weighted by Gasteiger charge is 2.23. The molecule has 0 heterocycles. The van der Waals surface area contributed by atoms with Crippen molar-refractivity contribution in [3.05, 3.63) is 0 Å². The van der Waals surface area contributed by atoms with E-state index in [9.17, 15) is 14.4 Å². The lowest BCUT2D eigenvalue weighted by Gasteiger charge is -2.24. The first kappa shape index (κ1) is 11.6. The Hall–Kier alpha value is -1.43. The maximum absolute atomic E-state index is 10.8. The molecule has 0 aliphatic heterocycles. The van der Waals surface area contributed by atoms with E-state index in [-0.39, 0.29) is 6.54 Å². The van der Waals surface area contributed by atoms with Gasteiger partial charge < -0.3 is 15.4 Å². The summed E-state index contributed by atoms with van der Waals surface area (Å²) in [5.74, 6) is 0. The smallest absolute Gasteiger partial charge is 0.316 e. The van der Waals surface area contributed by atoms with Crippen LogP contribution in [0.15, 0.2) is 0 Å². The van der Waals surface area contributed by atoms with Gasteiger partial charge in [0.25, 0.3) is 0 Å². The van der Waals surface area contributed by atoms with Crippen LogP contribution in [0, 0.1) is 0 Å². The normalized spacial score (nSPS) is 14.0. The predicted octanol–water partition coefficient (Wildman–Crippen LogP) is -1.38. The molecular weight excluding hydrogens is 174 g/mol. The van der Waals surface area contributed by atoms with E-state index < -0.39 is 11.7 Å². The third kappa shape index (κ3) is 4.22. The molecule has 0 rings (SSSR count). The van der Waals surface area contributed by atoms with Crippen LogP contribution in [0.4, 0.5) is 4.79 Å². The number of carbonyl (C=O) groups is 3. The van der Waals surface area contributed by atoms with Crippen LogP contribution in [0.2, 0.25) is 0 Å². The first-order chi connectivity index (χ1) is 6.08. The second kappa shape index (κ2) is 5.26. The Morgan fingerprint density at radius 2 is 2.08 bits per heavy atom. The zero-order chi connectivity index (χ0) is 10.3. The van der Waals surface area contributed by atoms with E-state index in [4.69, 9.17) is 0 Å². The highest BCUT2D eigenvalue weighted by atomic mass is 16.2. The summed E-state index contributed by atoms with van der Waals surface area (Å²) in [4.78, 5) is 31.4. The Labute approximate surface area is 76.1 Å². The Bertz CT molecular complexity index is 207. The SMILES string of the molecule is CNC(=O)NC(C)(C=O)NCC=O. The Morgan fingerprint density at radius 1 is 1.46 bits per heavy atom. The molecule has 0 aliphatic carbocycles. The molecule has 0 aromatic carbocycles. The van der Waals surface area contributed by atoms with Crippen molar-refractivity contribution in [1.29, 1.82) is 0 Å². The number of hydrogen-bond acceptors (Lipinski definition) is 4. The average molecular weight is 187 g/mol. The molecule has 13 heavy (non-hydrogen) atoms. The Kier molecular flexibility index (Phi) is 4.68. The summed E-state index contributed by atoms with van der Waals surface area (Å²) in [5.41, 5.74) is -1.21. The van der Waals surface area contributed by atoms with Gasteiger partial charge in [0.05, 0.1) is 6.54 Å². The van der Waals surface area contributed by atoms with Crippen molar-refractivity contribution in [2.75, 3.05) is 13.6 Å². The largest absolute Gasteiger partial charge is 0.341 e. The van der Waals surface area contributed by atoms with Crippen LogP contribution in [0.3, 0.4) is 0 Å². The van der Waals surface area contributed by atoms with Gasteiger partial charge in [-0.1, -0.05) is 0 Å². The van der Waals surface area contributed by atoms with E-state index in [0.29, 0.717) is 12.6 Å². The lowest BCUT2D eigenvalue weighted by molar-refractivity contribution is -0.114. The van der Waals surface area contributed by atoms with Crippen LogP contribution >= 0.6 is 0 Å². The minimum absolute atomic E-state index is 0.000760. The summed E-state index contributed by atoms with van der Waals surface area (Å²) >= 11 is 0. The van der Waals surface area contributed by atoms with Gasteiger partial charge in [-0.25, -0.2) is 4.79 Å². The molecule has 0 aliphatic rings. The molecule has 2 amide bonds. The fourth-order valence-corrected chi connectivity index (χ4v) is 0.667. The van der Waals surface area contributed by atoms with Crippen molar-refractivity contribution in [2.45, 2.75) is 12.6 Å². The van der Waals surface area contributed by atoms with Crippen molar-refractivity contribution >= 4 is 18.6 Å². The van der Waals surface area contributed by atoms with Crippen molar-refractivity contribution < 1.29 is 14.4 Å². The minimum atomic E-state index is -1.21. The van der Waals surface area contributed by atoms with E-state index in [2.05, 4.69) is 16.0 Å². The lowest BCUT2D eigenvalue weighted by Crippen LogP contribution is -2.60. The number of carbonyl (C=O) groups excluding carboxylic acids is 3. The van der Waals surface area contributed by atoms with Gasteiger partial charge in [0.2, 0.25) is 0 Å². The maximum Gasteiger partial charge on any atom is 0.316 e. The molecule has 1 atom stereocenters. The second-order valence-corrected chi connectivity index (χ2v) is 2.57. The van der Waals surface area contributed by atoms with Crippen LogP contribution in [0.1, 0.15) is 6.92 Å². The van der Waals surface area contributed by atoms with Gasteiger partial charge in [-0.05, 0) is 6.92 Å². The van der Waals surface area contributed by atoms with E-state index in [0.717, 1.165) is 0 Å². The summed E-state index contributed by atoms with van der Waals surface area (Å²) in [6.45, 7) is 1.46. The monoisotopic (exact) mass is 187 g/mol. The third-order valence-corrected chi connectivity index (χ3v) is 1.39. The highest BCUT2D eigenvalue weighted by molar-refractivity contribution is 5.79. The standard InChI is InChI=1S/C7H13N3O3/c1-7(5-12,9-3-4-11)10-6(13)8-2/h4-5,9H,3H2,1-2H3,(H2,8,10,13). The molecule has 0 bridgehead atoms. The van der Waals surface area contributed by atoms with Crippen molar-refractivity contribution in [3.63, 3.8) is 0 Å². The van der Waals surface area contributed by atoms with Crippen LogP contribution in [-0.2, 0) is 9.59 Å². The number of aldehydes is 2. The number of urea groups is 1. The summed E-state index contributed by atoms with van der Waals surface area (Å²) in [5, 5.41) is 7.19. The average Bonchev–Trinajstić information content (AvgIpc) is 2.14. The number of amides is 2. The number of nitrogens with one attached hydrogen (secondary N) is 3. The molecule has 0 fully saturated rings. The first-order valence-corrected chi connectivity index (χ1v) is 3.73. The van der Waals surface area contributed by atoms with Crippen LogP contribution < -0.4 is 16.0 Å². The van der Waals surface area contributed by atoms with Gasteiger partial charge in [-0.2, -0.15) is 0 Å². The maximum atomic E-state index is 10.8. The van der Waals surface area contributed by atoms with Crippen LogP contribution in [0.25, 0.3) is 0 Å². The fraction of sp³-hybridized carbons (Fsp3) is 0.571. The predicted molar refractivity (Wildman–Crippen MR) is 46.1 cm³/mol. The topological polar surface area (TPSA) is 87.3 Å². The number of hydrogen-bond donors (Lipinski definition) is 3.